The van der Waals surface area contributed by atoms with Crippen molar-refractivity contribution in [2.24, 2.45) is 0 Å². The summed E-state index contributed by atoms with van der Waals surface area (Å²) in [5.74, 6) is 1.70. The highest BCUT2D eigenvalue weighted by Gasteiger charge is 2.04. The van der Waals surface area contributed by atoms with Crippen molar-refractivity contribution in [2.45, 2.75) is 18.4 Å². The van der Waals surface area contributed by atoms with Crippen molar-refractivity contribution in [2.75, 3.05) is 12.8 Å². The van der Waals surface area contributed by atoms with Gasteiger partial charge < -0.3 is 10.1 Å². The molecule has 1 heterocycles. The number of nitrogens with zero attached hydrogens (tertiary/aromatic N) is 1. The van der Waals surface area contributed by atoms with Gasteiger partial charge in [0.05, 0.1) is 0 Å². The molecule has 0 aliphatic rings. The normalized spacial score (nSPS) is 10.4. The topological polar surface area (TPSA) is 34.2 Å². The number of thioether (sulfide) groups is 1. The standard InChI is InChI=1S/C15H18N2OS/c1-3-16-10-12-11-17-9-8-15(12)18-13-4-6-14(19-2)7-5-13/h4-9,11,16H,3,10H2,1-2H3. The second-order valence-corrected chi connectivity index (χ2v) is 4.92. The van der Waals surface area contributed by atoms with Crippen molar-refractivity contribution in [3.63, 3.8) is 0 Å². The molecule has 0 bridgehead atoms. The van der Waals surface area contributed by atoms with Crippen LogP contribution in [0.4, 0.5) is 0 Å². The van der Waals surface area contributed by atoms with Gasteiger partial charge in [-0.2, -0.15) is 0 Å². The zero-order valence-corrected chi connectivity index (χ0v) is 12.0. The monoisotopic (exact) mass is 274 g/mol. The van der Waals surface area contributed by atoms with E-state index in [0.717, 1.165) is 30.2 Å². The Morgan fingerprint density at radius 1 is 1.21 bits per heavy atom. The summed E-state index contributed by atoms with van der Waals surface area (Å²) in [5, 5.41) is 3.29. The van der Waals surface area contributed by atoms with Crippen molar-refractivity contribution < 1.29 is 4.74 Å². The van der Waals surface area contributed by atoms with Gasteiger partial charge in [0, 0.05) is 29.4 Å². The number of aromatic nitrogens is 1. The first kappa shape index (κ1) is 13.9. The predicted molar refractivity (Wildman–Crippen MR) is 79.9 cm³/mol. The Labute approximate surface area is 118 Å². The van der Waals surface area contributed by atoms with Crippen LogP contribution < -0.4 is 10.1 Å². The van der Waals surface area contributed by atoms with Gasteiger partial charge in [-0.1, -0.05) is 6.92 Å². The van der Waals surface area contributed by atoms with E-state index in [2.05, 4.69) is 35.6 Å². The highest BCUT2D eigenvalue weighted by molar-refractivity contribution is 7.98. The molecule has 0 fully saturated rings. The number of hydrogen-bond donors (Lipinski definition) is 1. The molecule has 0 aliphatic carbocycles. The summed E-state index contributed by atoms with van der Waals surface area (Å²) in [4.78, 5) is 5.38. The summed E-state index contributed by atoms with van der Waals surface area (Å²) >= 11 is 1.72. The first-order chi connectivity index (χ1) is 9.33. The summed E-state index contributed by atoms with van der Waals surface area (Å²) in [5.41, 5.74) is 1.07. The van der Waals surface area contributed by atoms with Crippen molar-refractivity contribution in [1.29, 1.82) is 0 Å². The Kier molecular flexibility index (Phi) is 5.24. The maximum absolute atomic E-state index is 5.92. The van der Waals surface area contributed by atoms with Crippen molar-refractivity contribution in [3.8, 4) is 11.5 Å². The van der Waals surface area contributed by atoms with Crippen LogP contribution in [-0.2, 0) is 6.54 Å². The molecule has 0 amide bonds. The molecule has 0 spiro atoms. The van der Waals surface area contributed by atoms with Crippen LogP contribution in [0.5, 0.6) is 11.5 Å². The number of hydrogen-bond acceptors (Lipinski definition) is 4. The Morgan fingerprint density at radius 3 is 2.68 bits per heavy atom. The molecule has 1 aromatic heterocycles. The van der Waals surface area contributed by atoms with Crippen LogP contribution in [0.3, 0.4) is 0 Å². The molecular formula is C15H18N2OS. The minimum Gasteiger partial charge on any atom is -0.457 e. The molecule has 4 heteroatoms. The van der Waals surface area contributed by atoms with Gasteiger partial charge in [-0.15, -0.1) is 11.8 Å². The minimum absolute atomic E-state index is 0.766. The second-order valence-electron chi connectivity index (χ2n) is 4.04. The lowest BCUT2D eigenvalue weighted by molar-refractivity contribution is 0.472. The molecule has 3 nitrogen and oxygen atoms in total. The van der Waals surface area contributed by atoms with E-state index in [1.54, 1.807) is 18.0 Å². The zero-order chi connectivity index (χ0) is 13.5. The average molecular weight is 274 g/mol. The van der Waals surface area contributed by atoms with Gasteiger partial charge in [-0.05, 0) is 43.1 Å². The molecular weight excluding hydrogens is 256 g/mol. The van der Waals surface area contributed by atoms with Crippen LogP contribution in [0.2, 0.25) is 0 Å². The molecule has 100 valence electrons. The van der Waals surface area contributed by atoms with Crippen LogP contribution in [0.1, 0.15) is 12.5 Å². The van der Waals surface area contributed by atoms with E-state index in [1.807, 2.05) is 24.4 Å². The molecule has 19 heavy (non-hydrogen) atoms. The number of nitrogens with one attached hydrogen (secondary N) is 1. The lowest BCUT2D eigenvalue weighted by atomic mass is 10.2. The fraction of sp³-hybridized carbons (Fsp3) is 0.267. The first-order valence-corrected chi connectivity index (χ1v) is 7.51. The third kappa shape index (κ3) is 3.98. The van der Waals surface area contributed by atoms with E-state index in [4.69, 9.17) is 4.74 Å². The van der Waals surface area contributed by atoms with Crippen molar-refractivity contribution in [1.82, 2.24) is 10.3 Å². The maximum Gasteiger partial charge on any atom is 0.134 e. The van der Waals surface area contributed by atoms with Gasteiger partial charge in [-0.25, -0.2) is 0 Å². The molecule has 1 N–H and O–H groups in total. The molecule has 0 radical (unpaired) electrons. The number of benzene rings is 1. The van der Waals surface area contributed by atoms with E-state index < -0.39 is 0 Å². The van der Waals surface area contributed by atoms with Gasteiger partial charge in [0.2, 0.25) is 0 Å². The average Bonchev–Trinajstić information content (AvgIpc) is 2.47. The Morgan fingerprint density at radius 2 is 2.00 bits per heavy atom. The van der Waals surface area contributed by atoms with Gasteiger partial charge in [0.1, 0.15) is 11.5 Å². The molecule has 0 atom stereocenters. The van der Waals surface area contributed by atoms with Gasteiger partial charge >= 0.3 is 0 Å². The minimum atomic E-state index is 0.766. The molecule has 0 saturated heterocycles. The highest BCUT2D eigenvalue weighted by atomic mass is 32.2. The molecule has 2 aromatic rings. The van der Waals surface area contributed by atoms with Gasteiger partial charge in [0.25, 0.3) is 0 Å². The quantitative estimate of drug-likeness (QED) is 0.814. The summed E-state index contributed by atoms with van der Waals surface area (Å²) in [6.45, 7) is 3.78. The molecule has 2 rings (SSSR count). The smallest absolute Gasteiger partial charge is 0.134 e. The van der Waals surface area contributed by atoms with Gasteiger partial charge in [0.15, 0.2) is 0 Å². The van der Waals surface area contributed by atoms with E-state index in [0.29, 0.717) is 0 Å². The third-order valence-electron chi connectivity index (χ3n) is 2.71. The largest absolute Gasteiger partial charge is 0.457 e. The summed E-state index contributed by atoms with van der Waals surface area (Å²) in [6.07, 6.45) is 5.66. The lowest BCUT2D eigenvalue weighted by Gasteiger charge is -2.11. The fourth-order valence-corrected chi connectivity index (χ4v) is 2.09. The van der Waals surface area contributed by atoms with E-state index >= 15 is 0 Å². The van der Waals surface area contributed by atoms with Crippen molar-refractivity contribution in [3.05, 3.63) is 48.3 Å². The van der Waals surface area contributed by atoms with Crippen LogP contribution >= 0.6 is 11.8 Å². The number of rotatable bonds is 6. The molecule has 0 unspecified atom stereocenters. The van der Waals surface area contributed by atoms with Gasteiger partial charge in [-0.3, -0.25) is 4.98 Å². The van der Waals surface area contributed by atoms with E-state index in [9.17, 15) is 0 Å². The first-order valence-electron chi connectivity index (χ1n) is 6.29. The van der Waals surface area contributed by atoms with E-state index in [-0.39, 0.29) is 0 Å². The second kappa shape index (κ2) is 7.16. The lowest BCUT2D eigenvalue weighted by Crippen LogP contribution is -2.12. The fourth-order valence-electron chi connectivity index (χ4n) is 1.68. The van der Waals surface area contributed by atoms with Crippen LogP contribution in [-0.4, -0.2) is 17.8 Å². The zero-order valence-electron chi connectivity index (χ0n) is 11.2. The number of pyridine rings is 1. The Hall–Kier alpha value is -1.52. The maximum atomic E-state index is 5.92. The van der Waals surface area contributed by atoms with Crippen molar-refractivity contribution >= 4 is 11.8 Å². The Balaban J connectivity index is 2.12. The Bertz CT molecular complexity index is 514. The number of ether oxygens (including phenoxy) is 1. The molecule has 0 aliphatic heterocycles. The highest BCUT2D eigenvalue weighted by Crippen LogP contribution is 2.26. The SMILES string of the molecule is CCNCc1cnccc1Oc1ccc(SC)cc1. The predicted octanol–water partition coefficient (Wildman–Crippen LogP) is 3.71. The van der Waals surface area contributed by atoms with Crippen LogP contribution in [0.25, 0.3) is 0 Å². The summed E-state index contributed by atoms with van der Waals surface area (Å²) in [7, 11) is 0. The third-order valence-corrected chi connectivity index (χ3v) is 3.46. The summed E-state index contributed by atoms with van der Waals surface area (Å²) < 4.78 is 5.92. The molecule has 0 saturated carbocycles. The summed E-state index contributed by atoms with van der Waals surface area (Å²) in [6, 6.07) is 10.00. The molecule has 1 aromatic carbocycles. The van der Waals surface area contributed by atoms with E-state index in [1.165, 1.54) is 4.90 Å². The van der Waals surface area contributed by atoms with Crippen LogP contribution in [0.15, 0.2) is 47.6 Å². The van der Waals surface area contributed by atoms with Crippen LogP contribution in [0, 0.1) is 0 Å².